The van der Waals surface area contributed by atoms with Crippen LogP contribution in [0.1, 0.15) is 181 Å². The highest BCUT2D eigenvalue weighted by atomic mass is 31.2. The van der Waals surface area contributed by atoms with Gasteiger partial charge in [-0.1, -0.05) is 140 Å². The zero-order valence-electron chi connectivity index (χ0n) is 38.2. The smallest absolute Gasteiger partial charge is 0.462 e. The van der Waals surface area contributed by atoms with Gasteiger partial charge in [-0.05, 0) is 77.0 Å². The second-order valence-corrected chi connectivity index (χ2v) is 18.6. The molecule has 0 radical (unpaired) electrons. The molecule has 1 heterocycles. The highest BCUT2D eigenvalue weighted by Crippen LogP contribution is 2.43. The van der Waals surface area contributed by atoms with Crippen LogP contribution >= 0.6 is 7.82 Å². The summed E-state index contributed by atoms with van der Waals surface area (Å²) < 4.78 is 40.1. The summed E-state index contributed by atoms with van der Waals surface area (Å²) in [6, 6.07) is 0. The maximum absolute atomic E-state index is 12.7. The molecule has 1 rings (SSSR count). The van der Waals surface area contributed by atoms with E-state index < -0.39 is 26.5 Å². The Bertz CT molecular complexity index is 1210. The number of allylic oxidation sites excluding steroid dienone is 6. The van der Waals surface area contributed by atoms with Crippen molar-refractivity contribution in [2.75, 3.05) is 47.5 Å². The molecular formula is C48H87NO9P+. The molecule has 10 nitrogen and oxygen atoms in total. The fourth-order valence-electron chi connectivity index (χ4n) is 6.39. The standard InChI is InChI=1S/C48H86NO9P/c1-6-8-10-12-14-15-16-17-18-19-20-21-22-23-26-30-34-38-47(50)54-42-44(43-56-59(52,53)55-41-40-49(3,4)5)57-48(51)39-35-31-27-24-25-29-33-37-46-45(58-46)36-32-28-13-11-9-7-2/h17-18,24,27-29,32-33,44-46H,6-16,19-23,25-26,30-31,34-43H2,1-5H3/p+1/b18-17-,27-24-,32-28-,33-29-/t44-,45?,46?/m1/s1. The maximum atomic E-state index is 12.7. The lowest BCUT2D eigenvalue weighted by Gasteiger charge is -2.24. The Labute approximate surface area is 360 Å². The second kappa shape index (κ2) is 36.6. The first-order valence-corrected chi connectivity index (χ1v) is 25.0. The van der Waals surface area contributed by atoms with E-state index in [1.54, 1.807) is 0 Å². The number of esters is 2. The summed E-state index contributed by atoms with van der Waals surface area (Å²) in [5.74, 6) is -0.875. The van der Waals surface area contributed by atoms with Crippen LogP contribution in [0, 0.1) is 0 Å². The highest BCUT2D eigenvalue weighted by molar-refractivity contribution is 7.47. The summed E-state index contributed by atoms with van der Waals surface area (Å²) >= 11 is 0. The molecule has 3 unspecified atom stereocenters. The molecule has 0 spiro atoms. The van der Waals surface area contributed by atoms with E-state index in [1.165, 1.54) is 83.5 Å². The van der Waals surface area contributed by atoms with Crippen LogP contribution in [0.15, 0.2) is 48.6 Å². The van der Waals surface area contributed by atoms with Crippen LogP contribution in [0.25, 0.3) is 0 Å². The molecule has 0 aromatic carbocycles. The SMILES string of the molecule is CCCCC/C=C\CC1OC1C/C=C\C/C=C\CCCC(=O)O[C@H](COC(=O)CCCCCCCCC/C=C\CCCCCCCC)COP(=O)(O)OCC[N+](C)(C)C. The Balaban J connectivity index is 2.30. The highest BCUT2D eigenvalue weighted by Gasteiger charge is 2.36. The molecular weight excluding hydrogens is 766 g/mol. The molecule has 0 aliphatic carbocycles. The molecule has 1 saturated heterocycles. The van der Waals surface area contributed by atoms with Crippen LogP contribution in [-0.4, -0.2) is 87.1 Å². The first-order valence-electron chi connectivity index (χ1n) is 23.5. The van der Waals surface area contributed by atoms with Crippen LogP contribution in [0.5, 0.6) is 0 Å². The van der Waals surface area contributed by atoms with Gasteiger partial charge in [0.1, 0.15) is 19.8 Å². The fourth-order valence-corrected chi connectivity index (χ4v) is 7.14. The van der Waals surface area contributed by atoms with E-state index in [0.29, 0.717) is 36.1 Å². The van der Waals surface area contributed by atoms with Gasteiger partial charge < -0.3 is 23.6 Å². The number of nitrogens with zero attached hydrogens (tertiary/aromatic N) is 1. The summed E-state index contributed by atoms with van der Waals surface area (Å²) in [4.78, 5) is 35.4. The van der Waals surface area contributed by atoms with Crippen LogP contribution in [0.3, 0.4) is 0 Å². The first kappa shape index (κ1) is 54.9. The Kier molecular flexibility index (Phi) is 34.1. The fraction of sp³-hybridized carbons (Fsp3) is 0.792. The lowest BCUT2D eigenvalue weighted by atomic mass is 10.1. The second-order valence-electron chi connectivity index (χ2n) is 17.2. The van der Waals surface area contributed by atoms with Crippen molar-refractivity contribution >= 4 is 19.8 Å². The topological polar surface area (TPSA) is 121 Å². The molecule has 11 heteroatoms. The third-order valence-corrected chi connectivity index (χ3v) is 11.2. The Morgan fingerprint density at radius 3 is 1.71 bits per heavy atom. The summed E-state index contributed by atoms with van der Waals surface area (Å²) in [6.45, 7) is 4.31. The number of likely N-dealkylation sites (N-methyl/N-ethyl adjacent to an activating group) is 1. The van der Waals surface area contributed by atoms with Crippen molar-refractivity contribution in [2.45, 2.75) is 199 Å². The number of phosphoric acid groups is 1. The van der Waals surface area contributed by atoms with Crippen molar-refractivity contribution in [1.29, 1.82) is 0 Å². The van der Waals surface area contributed by atoms with E-state index in [0.717, 1.165) is 57.8 Å². The monoisotopic (exact) mass is 853 g/mol. The van der Waals surface area contributed by atoms with Gasteiger partial charge in [-0.15, -0.1) is 0 Å². The largest absolute Gasteiger partial charge is 0.472 e. The third-order valence-electron chi connectivity index (χ3n) is 10.2. The van der Waals surface area contributed by atoms with Crippen molar-refractivity contribution in [3.63, 3.8) is 0 Å². The number of phosphoric ester groups is 1. The molecule has 59 heavy (non-hydrogen) atoms. The van der Waals surface area contributed by atoms with E-state index in [1.807, 2.05) is 27.2 Å². The van der Waals surface area contributed by atoms with Gasteiger partial charge in [-0.2, -0.15) is 0 Å². The molecule has 342 valence electrons. The molecule has 1 aliphatic heterocycles. The van der Waals surface area contributed by atoms with Gasteiger partial charge in [-0.25, -0.2) is 4.57 Å². The molecule has 0 aromatic rings. The van der Waals surface area contributed by atoms with E-state index in [2.05, 4.69) is 56.4 Å². The summed E-state index contributed by atoms with van der Waals surface area (Å²) in [6.07, 6.45) is 44.8. The quantitative estimate of drug-likeness (QED) is 0.0160. The molecule has 4 atom stereocenters. The van der Waals surface area contributed by atoms with Gasteiger partial charge >= 0.3 is 19.8 Å². The minimum Gasteiger partial charge on any atom is -0.462 e. The zero-order valence-corrected chi connectivity index (χ0v) is 39.1. The lowest BCUT2D eigenvalue weighted by Crippen LogP contribution is -2.37. The van der Waals surface area contributed by atoms with Crippen LogP contribution in [-0.2, 0) is 37.4 Å². The van der Waals surface area contributed by atoms with Gasteiger partial charge in [0.25, 0.3) is 0 Å². The van der Waals surface area contributed by atoms with Crippen LogP contribution in [0.2, 0.25) is 0 Å². The van der Waals surface area contributed by atoms with Gasteiger partial charge in [0, 0.05) is 12.8 Å². The number of rotatable bonds is 41. The number of quaternary nitrogens is 1. The number of hydrogen-bond donors (Lipinski definition) is 1. The molecule has 0 bridgehead atoms. The van der Waals surface area contributed by atoms with Crippen molar-refractivity contribution < 1.29 is 46.8 Å². The van der Waals surface area contributed by atoms with Crippen LogP contribution in [0.4, 0.5) is 0 Å². The number of unbranched alkanes of at least 4 members (excludes halogenated alkanes) is 17. The van der Waals surface area contributed by atoms with Crippen LogP contribution < -0.4 is 0 Å². The Hall–Kier alpha value is -2.07. The molecule has 0 amide bonds. The van der Waals surface area contributed by atoms with Gasteiger partial charge in [0.05, 0.1) is 40.0 Å². The number of ether oxygens (including phenoxy) is 3. The number of epoxide rings is 1. The maximum Gasteiger partial charge on any atom is 0.472 e. The number of hydrogen-bond acceptors (Lipinski definition) is 8. The van der Waals surface area contributed by atoms with Gasteiger partial charge in [0.15, 0.2) is 6.10 Å². The Morgan fingerprint density at radius 1 is 0.610 bits per heavy atom. The van der Waals surface area contributed by atoms with Crippen molar-refractivity contribution in [3.8, 4) is 0 Å². The number of carbonyl (C=O) groups excluding carboxylic acids is 2. The summed E-state index contributed by atoms with van der Waals surface area (Å²) in [5, 5.41) is 0. The summed E-state index contributed by atoms with van der Waals surface area (Å²) in [7, 11) is 1.43. The predicted octanol–water partition coefficient (Wildman–Crippen LogP) is 12.5. The average molecular weight is 853 g/mol. The van der Waals surface area contributed by atoms with Crippen molar-refractivity contribution in [3.05, 3.63) is 48.6 Å². The number of carbonyl (C=O) groups is 2. The van der Waals surface area contributed by atoms with E-state index in [-0.39, 0.29) is 32.0 Å². The lowest BCUT2D eigenvalue weighted by molar-refractivity contribution is -0.870. The third kappa shape index (κ3) is 37.4. The normalized spacial score (nSPS) is 17.4. The average Bonchev–Trinajstić information content (AvgIpc) is 3.94. The van der Waals surface area contributed by atoms with Crippen molar-refractivity contribution in [2.24, 2.45) is 0 Å². The minimum atomic E-state index is -4.40. The van der Waals surface area contributed by atoms with Gasteiger partial charge in [0.2, 0.25) is 0 Å². The minimum absolute atomic E-state index is 0.0171. The van der Waals surface area contributed by atoms with Crippen molar-refractivity contribution in [1.82, 2.24) is 0 Å². The molecule has 1 fully saturated rings. The molecule has 0 saturated carbocycles. The first-order chi connectivity index (χ1) is 28.5. The molecule has 1 aliphatic rings. The Morgan fingerprint density at radius 2 is 1.08 bits per heavy atom. The molecule has 0 aromatic heterocycles. The summed E-state index contributed by atoms with van der Waals surface area (Å²) in [5.41, 5.74) is 0. The predicted molar refractivity (Wildman–Crippen MR) is 242 cm³/mol. The zero-order chi connectivity index (χ0) is 43.3. The molecule has 1 N–H and O–H groups in total. The van der Waals surface area contributed by atoms with Gasteiger partial charge in [-0.3, -0.25) is 18.6 Å². The van der Waals surface area contributed by atoms with E-state index in [9.17, 15) is 19.0 Å². The van der Waals surface area contributed by atoms with E-state index in [4.69, 9.17) is 23.3 Å². The van der Waals surface area contributed by atoms with E-state index >= 15 is 0 Å².